The highest BCUT2D eigenvalue weighted by atomic mass is 16.6. The zero-order valence-corrected chi connectivity index (χ0v) is 8.51. The van der Waals surface area contributed by atoms with E-state index in [1.807, 2.05) is 24.3 Å². The molecule has 2 aliphatic heterocycles. The van der Waals surface area contributed by atoms with Crippen LogP contribution in [0.1, 0.15) is 23.7 Å². The molecule has 4 nitrogen and oxygen atoms in total. The second kappa shape index (κ2) is 2.99. The molecule has 2 fully saturated rings. The molecule has 16 heavy (non-hydrogen) atoms. The van der Waals surface area contributed by atoms with Crippen LogP contribution >= 0.6 is 0 Å². The Morgan fingerprint density at radius 2 is 1.19 bits per heavy atom. The van der Waals surface area contributed by atoms with Crippen LogP contribution in [0.5, 0.6) is 0 Å². The molecule has 0 radical (unpaired) electrons. The summed E-state index contributed by atoms with van der Waals surface area (Å²) in [6, 6.07) is 7.69. The van der Waals surface area contributed by atoms with Crippen molar-refractivity contribution >= 4 is 0 Å². The van der Waals surface area contributed by atoms with Gasteiger partial charge >= 0.3 is 0 Å². The molecule has 0 spiro atoms. The summed E-state index contributed by atoms with van der Waals surface area (Å²) in [6.45, 7) is 1.51. The molecule has 2 unspecified atom stereocenters. The van der Waals surface area contributed by atoms with E-state index in [2.05, 4.69) is 0 Å². The van der Waals surface area contributed by atoms with Gasteiger partial charge in [-0.05, 0) is 24.3 Å². The molecule has 2 aromatic rings. The van der Waals surface area contributed by atoms with Crippen molar-refractivity contribution in [3.8, 4) is 11.5 Å². The van der Waals surface area contributed by atoms with Crippen LogP contribution in [0.2, 0.25) is 0 Å². The Labute approximate surface area is 91.8 Å². The number of hydrogen-bond acceptors (Lipinski definition) is 4. The van der Waals surface area contributed by atoms with E-state index in [-0.39, 0.29) is 12.2 Å². The van der Waals surface area contributed by atoms with E-state index in [1.54, 1.807) is 0 Å². The number of furan rings is 2. The van der Waals surface area contributed by atoms with E-state index < -0.39 is 0 Å². The SMILES string of the molecule is c1cc(C2CO2)oc1-c1ccc(C2CO2)o1. The highest BCUT2D eigenvalue weighted by Gasteiger charge is 2.30. The van der Waals surface area contributed by atoms with Crippen LogP contribution in [-0.4, -0.2) is 13.2 Å². The molecule has 0 aromatic carbocycles. The van der Waals surface area contributed by atoms with Crippen molar-refractivity contribution in [3.05, 3.63) is 35.8 Å². The Bertz CT molecular complexity index is 468. The first-order chi connectivity index (χ1) is 7.90. The maximum Gasteiger partial charge on any atom is 0.169 e. The van der Waals surface area contributed by atoms with Crippen molar-refractivity contribution in [1.29, 1.82) is 0 Å². The van der Waals surface area contributed by atoms with Gasteiger partial charge in [-0.2, -0.15) is 0 Å². The fraction of sp³-hybridized carbons (Fsp3) is 0.333. The summed E-state index contributed by atoms with van der Waals surface area (Å²) in [7, 11) is 0. The fourth-order valence-electron chi connectivity index (χ4n) is 1.74. The summed E-state index contributed by atoms with van der Waals surface area (Å²) in [6.07, 6.45) is 0.296. The minimum absolute atomic E-state index is 0.148. The molecule has 0 saturated carbocycles. The number of hydrogen-bond donors (Lipinski definition) is 0. The van der Waals surface area contributed by atoms with Crippen LogP contribution in [0, 0.1) is 0 Å². The minimum Gasteiger partial charge on any atom is -0.455 e. The van der Waals surface area contributed by atoms with Gasteiger partial charge in [-0.1, -0.05) is 0 Å². The third-order valence-electron chi connectivity index (χ3n) is 2.80. The van der Waals surface area contributed by atoms with Gasteiger partial charge in [-0.15, -0.1) is 0 Å². The van der Waals surface area contributed by atoms with E-state index in [4.69, 9.17) is 18.3 Å². The van der Waals surface area contributed by atoms with Gasteiger partial charge in [-0.3, -0.25) is 0 Å². The van der Waals surface area contributed by atoms with Crippen molar-refractivity contribution < 1.29 is 18.3 Å². The molecule has 2 aromatic heterocycles. The number of epoxide rings is 2. The lowest BCUT2D eigenvalue weighted by Crippen LogP contribution is -1.72. The average molecular weight is 218 g/mol. The Balaban J connectivity index is 1.65. The van der Waals surface area contributed by atoms with E-state index in [0.29, 0.717) is 0 Å². The van der Waals surface area contributed by atoms with E-state index in [1.165, 1.54) is 0 Å². The molecule has 0 N–H and O–H groups in total. The molecule has 0 bridgehead atoms. The van der Waals surface area contributed by atoms with Crippen LogP contribution in [0.25, 0.3) is 11.5 Å². The minimum atomic E-state index is 0.148. The van der Waals surface area contributed by atoms with Crippen LogP contribution in [0.3, 0.4) is 0 Å². The Morgan fingerprint density at radius 3 is 1.56 bits per heavy atom. The standard InChI is InChI=1S/C12H10O4/c1-3-9(11-5-13-11)15-7(1)8-2-4-10(16-8)12-6-14-12/h1-4,11-12H,5-6H2. The Kier molecular flexibility index (Phi) is 1.61. The quantitative estimate of drug-likeness (QED) is 0.743. The van der Waals surface area contributed by atoms with E-state index in [0.717, 1.165) is 36.3 Å². The Hall–Kier alpha value is -1.52. The summed E-state index contributed by atoms with van der Waals surface area (Å²) in [5.74, 6) is 3.24. The first-order valence-electron chi connectivity index (χ1n) is 5.33. The maximum absolute atomic E-state index is 5.65. The largest absolute Gasteiger partial charge is 0.455 e. The highest BCUT2D eigenvalue weighted by molar-refractivity contribution is 5.51. The molecule has 0 aliphatic carbocycles. The molecular formula is C12H10O4. The third kappa shape index (κ3) is 1.38. The second-order valence-corrected chi connectivity index (χ2v) is 4.05. The van der Waals surface area contributed by atoms with Gasteiger partial charge in [-0.25, -0.2) is 0 Å². The molecule has 4 heteroatoms. The molecule has 2 aliphatic rings. The van der Waals surface area contributed by atoms with E-state index >= 15 is 0 Å². The lowest BCUT2D eigenvalue weighted by Gasteiger charge is -1.91. The monoisotopic (exact) mass is 218 g/mol. The second-order valence-electron chi connectivity index (χ2n) is 4.05. The van der Waals surface area contributed by atoms with Gasteiger partial charge in [0.1, 0.15) is 23.7 Å². The van der Waals surface area contributed by atoms with Gasteiger partial charge in [0.2, 0.25) is 0 Å². The zero-order chi connectivity index (χ0) is 10.5. The van der Waals surface area contributed by atoms with Gasteiger partial charge in [0.15, 0.2) is 11.5 Å². The fourth-order valence-corrected chi connectivity index (χ4v) is 1.74. The van der Waals surface area contributed by atoms with Crippen molar-refractivity contribution in [3.63, 3.8) is 0 Å². The number of ether oxygens (including phenoxy) is 2. The van der Waals surface area contributed by atoms with E-state index in [9.17, 15) is 0 Å². The van der Waals surface area contributed by atoms with Crippen LogP contribution in [-0.2, 0) is 9.47 Å². The van der Waals surface area contributed by atoms with Crippen molar-refractivity contribution in [1.82, 2.24) is 0 Å². The third-order valence-corrected chi connectivity index (χ3v) is 2.80. The van der Waals surface area contributed by atoms with Gasteiger partial charge in [0.25, 0.3) is 0 Å². The molecule has 4 heterocycles. The summed E-state index contributed by atoms with van der Waals surface area (Å²) < 4.78 is 21.6. The zero-order valence-electron chi connectivity index (χ0n) is 8.51. The highest BCUT2D eigenvalue weighted by Crippen LogP contribution is 2.37. The van der Waals surface area contributed by atoms with Crippen molar-refractivity contribution in [2.45, 2.75) is 12.2 Å². The molecule has 4 rings (SSSR count). The van der Waals surface area contributed by atoms with Gasteiger partial charge < -0.3 is 18.3 Å². The van der Waals surface area contributed by atoms with Crippen LogP contribution in [0.15, 0.2) is 33.1 Å². The predicted molar refractivity (Wildman–Crippen MR) is 53.8 cm³/mol. The van der Waals surface area contributed by atoms with Gasteiger partial charge in [0, 0.05) is 0 Å². The lowest BCUT2D eigenvalue weighted by atomic mass is 10.3. The maximum atomic E-state index is 5.65. The summed E-state index contributed by atoms with van der Waals surface area (Å²) in [5, 5.41) is 0. The smallest absolute Gasteiger partial charge is 0.169 e. The molecule has 0 amide bonds. The summed E-state index contributed by atoms with van der Waals surface area (Å²) >= 11 is 0. The predicted octanol–water partition coefficient (Wildman–Crippen LogP) is 2.68. The summed E-state index contributed by atoms with van der Waals surface area (Å²) in [5.41, 5.74) is 0. The average Bonchev–Trinajstić information content (AvgIpc) is 3.23. The molecule has 2 atom stereocenters. The van der Waals surface area contributed by atoms with Crippen molar-refractivity contribution in [2.75, 3.05) is 13.2 Å². The molecule has 2 saturated heterocycles. The normalized spacial score (nSPS) is 27.0. The number of rotatable bonds is 3. The van der Waals surface area contributed by atoms with Gasteiger partial charge in [0.05, 0.1) is 13.2 Å². The molecular weight excluding hydrogens is 208 g/mol. The Morgan fingerprint density at radius 1 is 0.750 bits per heavy atom. The summed E-state index contributed by atoms with van der Waals surface area (Å²) in [4.78, 5) is 0. The lowest BCUT2D eigenvalue weighted by molar-refractivity contribution is 0.362. The van der Waals surface area contributed by atoms with Crippen molar-refractivity contribution in [2.24, 2.45) is 0 Å². The topological polar surface area (TPSA) is 51.3 Å². The van der Waals surface area contributed by atoms with Crippen LogP contribution in [0.4, 0.5) is 0 Å². The first kappa shape index (κ1) is 8.61. The van der Waals surface area contributed by atoms with Crippen LogP contribution < -0.4 is 0 Å². The first-order valence-corrected chi connectivity index (χ1v) is 5.33. The molecule has 82 valence electrons.